The van der Waals surface area contributed by atoms with Gasteiger partial charge in [-0.25, -0.2) is 0 Å². The number of carbonyl (C=O) groups excluding carboxylic acids is 3. The summed E-state index contributed by atoms with van der Waals surface area (Å²) in [5, 5.41) is 9.30. The number of fused-ring (bicyclic) bond motifs is 1. The molecule has 5 atom stereocenters. The first kappa shape index (κ1) is 26.5. The maximum atomic E-state index is 14.2. The zero-order valence-electron chi connectivity index (χ0n) is 20.7. The molecule has 0 saturated carbocycles. The molecule has 2 bridgehead atoms. The third-order valence-electron chi connectivity index (χ3n) is 7.56. The quantitative estimate of drug-likeness (QED) is 0.248. The van der Waals surface area contributed by atoms with E-state index in [4.69, 9.17) is 4.74 Å². The van der Waals surface area contributed by atoms with Gasteiger partial charge in [-0.2, -0.15) is 0 Å². The van der Waals surface area contributed by atoms with E-state index in [0.717, 1.165) is 18.4 Å². The zero-order chi connectivity index (χ0) is 25.7. The van der Waals surface area contributed by atoms with Gasteiger partial charge in [-0.3, -0.25) is 14.4 Å². The predicted molar refractivity (Wildman–Crippen MR) is 140 cm³/mol. The van der Waals surface area contributed by atoms with Crippen LogP contribution in [0.5, 0.6) is 0 Å². The number of amides is 2. The standard InChI is InChI=1S/C28H36N2O5S/c1-3-5-18-35-27(34)22-21-13-14-28(36-21)23(22)25(32)30(16-9-10-17-31)24(28)26(33)29(15-4-2)19-20-11-7-6-8-12-20/h3-4,6-8,11-12,21-24,31H,1-2,5,9-10,13-19H2/t21-,22+,23-,24?,28?/m0/s1. The molecular formula is C28H36N2O5S. The number of benzene rings is 1. The van der Waals surface area contributed by atoms with Gasteiger partial charge in [-0.05, 0) is 37.7 Å². The summed E-state index contributed by atoms with van der Waals surface area (Å²) >= 11 is 1.64. The molecule has 3 saturated heterocycles. The molecule has 36 heavy (non-hydrogen) atoms. The summed E-state index contributed by atoms with van der Waals surface area (Å²) in [5.74, 6) is -1.69. The van der Waals surface area contributed by atoms with E-state index in [1.165, 1.54) is 0 Å². The number of likely N-dealkylation sites (tertiary alicyclic amines) is 1. The largest absolute Gasteiger partial charge is 0.465 e. The van der Waals surface area contributed by atoms with E-state index in [1.807, 2.05) is 30.3 Å². The second kappa shape index (κ2) is 11.6. The van der Waals surface area contributed by atoms with Crippen molar-refractivity contribution < 1.29 is 24.2 Å². The van der Waals surface area contributed by atoms with Crippen LogP contribution in [0.25, 0.3) is 0 Å². The average Bonchev–Trinajstić information content (AvgIpc) is 3.52. The molecule has 1 aromatic rings. The van der Waals surface area contributed by atoms with E-state index in [9.17, 15) is 19.5 Å². The molecule has 2 unspecified atom stereocenters. The normalized spacial score (nSPS) is 28.1. The molecule has 1 spiro atoms. The fourth-order valence-corrected chi connectivity index (χ4v) is 8.24. The van der Waals surface area contributed by atoms with E-state index in [1.54, 1.807) is 33.7 Å². The first-order chi connectivity index (χ1) is 17.5. The van der Waals surface area contributed by atoms with Crippen LogP contribution in [-0.2, 0) is 25.7 Å². The summed E-state index contributed by atoms with van der Waals surface area (Å²) in [6.45, 7) is 8.96. The maximum absolute atomic E-state index is 14.2. The molecule has 7 nitrogen and oxygen atoms in total. The van der Waals surface area contributed by atoms with E-state index >= 15 is 0 Å². The molecule has 2 amide bonds. The van der Waals surface area contributed by atoms with Crippen LogP contribution in [0.3, 0.4) is 0 Å². The highest BCUT2D eigenvalue weighted by Gasteiger charge is 2.74. The summed E-state index contributed by atoms with van der Waals surface area (Å²) < 4.78 is 4.89. The molecule has 3 aliphatic rings. The Balaban J connectivity index is 1.65. The lowest BCUT2D eigenvalue weighted by molar-refractivity contribution is -0.154. The topological polar surface area (TPSA) is 87.2 Å². The molecule has 8 heteroatoms. The Morgan fingerprint density at radius 3 is 2.69 bits per heavy atom. The lowest BCUT2D eigenvalue weighted by Crippen LogP contribution is -2.54. The van der Waals surface area contributed by atoms with Crippen LogP contribution in [0.1, 0.15) is 37.7 Å². The number of nitrogens with zero attached hydrogens (tertiary/aromatic N) is 2. The number of hydrogen-bond donors (Lipinski definition) is 1. The van der Waals surface area contributed by atoms with E-state index in [2.05, 4.69) is 13.2 Å². The van der Waals surface area contributed by atoms with Crippen molar-refractivity contribution in [3.8, 4) is 0 Å². The molecule has 0 aromatic heterocycles. The summed E-state index contributed by atoms with van der Waals surface area (Å²) in [6, 6.07) is 9.13. The third kappa shape index (κ3) is 4.85. The molecule has 0 radical (unpaired) electrons. The van der Waals surface area contributed by atoms with Gasteiger partial charge in [0.2, 0.25) is 11.8 Å². The van der Waals surface area contributed by atoms with Gasteiger partial charge in [0.1, 0.15) is 6.04 Å². The second-order valence-corrected chi connectivity index (χ2v) is 11.4. The molecule has 1 aromatic carbocycles. The van der Waals surface area contributed by atoms with Gasteiger partial charge < -0.3 is 19.6 Å². The summed E-state index contributed by atoms with van der Waals surface area (Å²) in [6.07, 6.45) is 6.61. The Morgan fingerprint density at radius 2 is 2.00 bits per heavy atom. The minimum Gasteiger partial charge on any atom is -0.465 e. The Kier molecular flexibility index (Phi) is 8.57. The van der Waals surface area contributed by atoms with Crippen molar-refractivity contribution >= 4 is 29.5 Å². The number of esters is 1. The number of ether oxygens (including phenoxy) is 1. The van der Waals surface area contributed by atoms with Crippen LogP contribution >= 0.6 is 11.8 Å². The van der Waals surface area contributed by atoms with Gasteiger partial charge >= 0.3 is 5.97 Å². The Labute approximate surface area is 217 Å². The molecule has 1 N–H and O–H groups in total. The highest BCUT2D eigenvalue weighted by molar-refractivity contribution is 8.02. The number of hydrogen-bond acceptors (Lipinski definition) is 6. The minimum atomic E-state index is -0.654. The van der Waals surface area contributed by atoms with Crippen LogP contribution in [-0.4, -0.2) is 75.0 Å². The number of thioether (sulfide) groups is 1. The van der Waals surface area contributed by atoms with Gasteiger partial charge in [-0.1, -0.05) is 42.5 Å². The summed E-state index contributed by atoms with van der Waals surface area (Å²) in [5.41, 5.74) is 1.00. The van der Waals surface area contributed by atoms with Crippen LogP contribution < -0.4 is 0 Å². The Hall–Kier alpha value is -2.58. The lowest BCUT2D eigenvalue weighted by atomic mass is 9.71. The number of aliphatic hydroxyl groups is 1. The van der Waals surface area contributed by atoms with Crippen LogP contribution in [0.15, 0.2) is 55.6 Å². The van der Waals surface area contributed by atoms with Crippen molar-refractivity contribution in [1.82, 2.24) is 9.80 Å². The zero-order valence-corrected chi connectivity index (χ0v) is 21.5. The molecular weight excluding hydrogens is 476 g/mol. The molecule has 194 valence electrons. The van der Waals surface area contributed by atoms with E-state index in [-0.39, 0.29) is 36.2 Å². The average molecular weight is 513 g/mol. The molecule has 3 heterocycles. The van der Waals surface area contributed by atoms with Crippen molar-refractivity contribution in [3.05, 3.63) is 61.2 Å². The number of rotatable bonds is 13. The van der Waals surface area contributed by atoms with Crippen molar-refractivity contribution in [2.45, 2.75) is 54.7 Å². The van der Waals surface area contributed by atoms with Crippen LogP contribution in [0.4, 0.5) is 0 Å². The SMILES string of the molecule is C=CCCOC(=O)[C@@H]1[C@@H]2CCC3(S2)C(C(=O)N(CC=C)Cc2ccccc2)N(CCCCO)C(=O)[C@H]13. The minimum absolute atomic E-state index is 0.0212. The fraction of sp³-hybridized carbons (Fsp3) is 0.536. The molecule has 4 rings (SSSR count). The highest BCUT2D eigenvalue weighted by Crippen LogP contribution is 2.66. The van der Waals surface area contributed by atoms with Crippen LogP contribution in [0.2, 0.25) is 0 Å². The van der Waals surface area contributed by atoms with Crippen molar-refractivity contribution in [2.75, 3.05) is 26.3 Å². The summed E-state index contributed by atoms with van der Waals surface area (Å²) in [7, 11) is 0. The Morgan fingerprint density at radius 1 is 1.22 bits per heavy atom. The van der Waals surface area contributed by atoms with E-state index < -0.39 is 22.6 Å². The molecule has 3 aliphatic heterocycles. The first-order valence-corrected chi connectivity index (χ1v) is 13.7. The van der Waals surface area contributed by atoms with Gasteiger partial charge in [-0.15, -0.1) is 24.9 Å². The highest BCUT2D eigenvalue weighted by atomic mass is 32.2. The maximum Gasteiger partial charge on any atom is 0.310 e. The molecule has 0 aliphatic carbocycles. The van der Waals surface area contributed by atoms with Gasteiger partial charge in [0.05, 0.1) is 23.2 Å². The van der Waals surface area contributed by atoms with Crippen molar-refractivity contribution in [2.24, 2.45) is 11.8 Å². The number of unbranched alkanes of at least 4 members (excludes halogenated alkanes) is 1. The second-order valence-electron chi connectivity index (χ2n) is 9.76. The monoisotopic (exact) mass is 512 g/mol. The number of aliphatic hydroxyl groups excluding tert-OH is 1. The third-order valence-corrected chi connectivity index (χ3v) is 9.51. The summed E-state index contributed by atoms with van der Waals surface area (Å²) in [4.78, 5) is 44.7. The van der Waals surface area contributed by atoms with Crippen molar-refractivity contribution in [1.29, 1.82) is 0 Å². The lowest BCUT2D eigenvalue weighted by Gasteiger charge is -2.37. The predicted octanol–water partition coefficient (Wildman–Crippen LogP) is 3.18. The Bertz CT molecular complexity index is 985. The smallest absolute Gasteiger partial charge is 0.310 e. The van der Waals surface area contributed by atoms with Crippen molar-refractivity contribution in [3.63, 3.8) is 0 Å². The van der Waals surface area contributed by atoms with Gasteiger partial charge in [0.25, 0.3) is 0 Å². The van der Waals surface area contributed by atoms with Gasteiger partial charge in [0, 0.05) is 31.5 Å². The van der Waals surface area contributed by atoms with Crippen LogP contribution in [0, 0.1) is 11.8 Å². The van der Waals surface area contributed by atoms with Gasteiger partial charge in [0.15, 0.2) is 0 Å². The number of carbonyl (C=O) groups is 3. The molecule has 3 fully saturated rings. The fourth-order valence-electron chi connectivity index (χ4n) is 6.04. The first-order valence-electron chi connectivity index (χ1n) is 12.8. The van der Waals surface area contributed by atoms with E-state index in [0.29, 0.717) is 38.9 Å².